The Kier molecular flexibility index (Phi) is 8.48. The summed E-state index contributed by atoms with van der Waals surface area (Å²) < 4.78 is 4.95. The lowest BCUT2D eigenvalue weighted by atomic mass is 9.96. The van der Waals surface area contributed by atoms with Crippen molar-refractivity contribution in [1.29, 1.82) is 5.26 Å². The number of rotatable bonds is 7. The fourth-order valence-corrected chi connectivity index (χ4v) is 4.44. The van der Waals surface area contributed by atoms with Crippen LogP contribution in [-0.2, 0) is 22.4 Å². The molecule has 1 N–H and O–H groups in total. The molecule has 3 rings (SSSR count). The van der Waals surface area contributed by atoms with Gasteiger partial charge in [0.15, 0.2) is 0 Å². The molecule has 0 saturated heterocycles. The Morgan fingerprint density at radius 3 is 2.61 bits per heavy atom. The lowest BCUT2D eigenvalue weighted by Gasteiger charge is -2.15. The fourth-order valence-electron chi connectivity index (χ4n) is 3.53. The number of hydrogen-bond donors (Lipinski definition) is 1. The lowest BCUT2D eigenvalue weighted by Crippen LogP contribution is -2.13. The topological polar surface area (TPSA) is 92.1 Å². The van der Waals surface area contributed by atoms with Crippen LogP contribution >= 0.6 is 11.8 Å². The van der Waals surface area contributed by atoms with Crippen molar-refractivity contribution in [2.24, 2.45) is 0 Å². The van der Waals surface area contributed by atoms with Gasteiger partial charge in [0.1, 0.15) is 11.1 Å². The summed E-state index contributed by atoms with van der Waals surface area (Å²) in [6, 6.07) is 10.9. The van der Waals surface area contributed by atoms with Gasteiger partial charge in [-0.2, -0.15) is 5.26 Å². The zero-order valence-electron chi connectivity index (χ0n) is 17.8. The quantitative estimate of drug-likeness (QED) is 0.489. The number of nitrogens with one attached hydrogen (secondary N) is 1. The third-order valence-corrected chi connectivity index (χ3v) is 6.13. The molecule has 0 bridgehead atoms. The van der Waals surface area contributed by atoms with Gasteiger partial charge in [-0.1, -0.05) is 12.8 Å². The minimum absolute atomic E-state index is 0.124. The summed E-state index contributed by atoms with van der Waals surface area (Å²) in [5.74, 6) is 0.0304. The minimum atomic E-state index is -0.381. The van der Waals surface area contributed by atoms with E-state index >= 15 is 0 Å². The van der Waals surface area contributed by atoms with E-state index < -0.39 is 0 Å². The molecule has 1 aliphatic rings. The van der Waals surface area contributed by atoms with Gasteiger partial charge in [0.2, 0.25) is 5.91 Å². The summed E-state index contributed by atoms with van der Waals surface area (Å²) in [6.07, 6.45) is 6.98. The molecule has 1 aromatic carbocycles. The number of nitriles is 1. The van der Waals surface area contributed by atoms with Gasteiger partial charge in [0.05, 0.1) is 17.7 Å². The van der Waals surface area contributed by atoms with Crippen molar-refractivity contribution >= 4 is 29.3 Å². The second-order valence-corrected chi connectivity index (χ2v) is 8.50. The highest BCUT2D eigenvalue weighted by Gasteiger charge is 2.15. The molecule has 162 valence electrons. The number of thioether (sulfide) groups is 1. The van der Waals surface area contributed by atoms with Crippen LogP contribution < -0.4 is 5.32 Å². The molecule has 1 amide bonds. The zero-order chi connectivity index (χ0) is 22.1. The van der Waals surface area contributed by atoms with Gasteiger partial charge in [0, 0.05) is 23.6 Å². The summed E-state index contributed by atoms with van der Waals surface area (Å²) >= 11 is 1.45. The van der Waals surface area contributed by atoms with Crippen molar-refractivity contribution in [3.05, 3.63) is 52.7 Å². The summed E-state index contributed by atoms with van der Waals surface area (Å²) in [7, 11) is 0. The number of nitrogens with zero attached hydrogens (tertiary/aromatic N) is 2. The van der Waals surface area contributed by atoms with Crippen molar-refractivity contribution in [2.75, 3.05) is 17.7 Å². The zero-order valence-corrected chi connectivity index (χ0v) is 18.6. The first kappa shape index (κ1) is 22.8. The summed E-state index contributed by atoms with van der Waals surface area (Å²) in [5, 5.41) is 13.1. The molecule has 2 aromatic rings. The van der Waals surface area contributed by atoms with Crippen LogP contribution in [0.25, 0.3) is 0 Å². The average molecular weight is 438 g/mol. The molecule has 1 aromatic heterocycles. The van der Waals surface area contributed by atoms with E-state index in [0.717, 1.165) is 31.4 Å². The molecule has 1 heterocycles. The molecule has 0 radical (unpaired) electrons. The Hall–Kier alpha value is -2.85. The molecule has 0 atom stereocenters. The predicted molar refractivity (Wildman–Crippen MR) is 121 cm³/mol. The van der Waals surface area contributed by atoms with Gasteiger partial charge in [0.25, 0.3) is 0 Å². The number of fused-ring (bicyclic) bond motifs is 1. The number of anilines is 1. The number of carbonyl (C=O) groups is 2. The van der Waals surface area contributed by atoms with Crippen molar-refractivity contribution in [3.8, 4) is 6.07 Å². The smallest absolute Gasteiger partial charge is 0.338 e. The average Bonchev–Trinajstić information content (AvgIpc) is 2.75. The highest BCUT2D eigenvalue weighted by atomic mass is 32.2. The molecule has 0 unspecified atom stereocenters. The summed E-state index contributed by atoms with van der Waals surface area (Å²) in [6.45, 7) is 2.08. The van der Waals surface area contributed by atoms with Crippen molar-refractivity contribution in [1.82, 2.24) is 4.98 Å². The number of pyridine rings is 1. The normalized spacial score (nSPS) is 13.3. The van der Waals surface area contributed by atoms with E-state index in [-0.39, 0.29) is 11.9 Å². The SMILES string of the molecule is CCOC(=O)c1ccc(NC(=O)CCSc2nc3c(cc2C#N)CCCCCC3)cc1. The number of ether oxygens (including phenoxy) is 1. The van der Waals surface area contributed by atoms with Crippen LogP contribution in [0.2, 0.25) is 0 Å². The van der Waals surface area contributed by atoms with E-state index in [4.69, 9.17) is 9.72 Å². The molecule has 1 aliphatic carbocycles. The van der Waals surface area contributed by atoms with E-state index in [1.54, 1.807) is 31.2 Å². The molecule has 7 heteroatoms. The van der Waals surface area contributed by atoms with Crippen LogP contribution in [0.3, 0.4) is 0 Å². The molecule has 0 saturated carbocycles. The number of amides is 1. The van der Waals surface area contributed by atoms with Crippen LogP contribution in [0, 0.1) is 11.3 Å². The number of aromatic nitrogens is 1. The monoisotopic (exact) mass is 437 g/mol. The number of esters is 1. The number of hydrogen-bond acceptors (Lipinski definition) is 6. The van der Waals surface area contributed by atoms with Gasteiger partial charge >= 0.3 is 5.97 Å². The van der Waals surface area contributed by atoms with Gasteiger partial charge in [-0.3, -0.25) is 4.79 Å². The van der Waals surface area contributed by atoms with Crippen molar-refractivity contribution < 1.29 is 14.3 Å². The number of benzene rings is 1. The van der Waals surface area contributed by atoms with Gasteiger partial charge in [-0.15, -0.1) is 11.8 Å². The molecular weight excluding hydrogens is 410 g/mol. The largest absolute Gasteiger partial charge is 0.462 e. The molecule has 6 nitrogen and oxygen atoms in total. The molecule has 0 fully saturated rings. The first-order chi connectivity index (χ1) is 15.1. The number of aryl methyl sites for hydroxylation is 2. The predicted octanol–water partition coefficient (Wildman–Crippen LogP) is 4.91. The Labute approximate surface area is 187 Å². The van der Waals surface area contributed by atoms with Crippen LogP contribution in [0.4, 0.5) is 5.69 Å². The van der Waals surface area contributed by atoms with E-state index in [1.165, 1.54) is 30.2 Å². The second kappa shape index (κ2) is 11.5. The molecular formula is C24H27N3O3S. The fraction of sp³-hybridized carbons (Fsp3) is 0.417. The van der Waals surface area contributed by atoms with E-state index in [9.17, 15) is 14.9 Å². The maximum atomic E-state index is 12.3. The lowest BCUT2D eigenvalue weighted by molar-refractivity contribution is -0.115. The number of carbonyl (C=O) groups excluding carboxylic acids is 2. The maximum absolute atomic E-state index is 12.3. The summed E-state index contributed by atoms with van der Waals surface area (Å²) in [5.41, 5.74) is 3.97. The Morgan fingerprint density at radius 2 is 1.90 bits per heavy atom. The van der Waals surface area contributed by atoms with Gasteiger partial charge in [-0.25, -0.2) is 9.78 Å². The van der Waals surface area contributed by atoms with E-state index in [1.807, 2.05) is 6.07 Å². The Bertz CT molecular complexity index is 967. The Balaban J connectivity index is 1.55. The molecule has 0 aliphatic heterocycles. The van der Waals surface area contributed by atoms with E-state index in [0.29, 0.717) is 40.6 Å². The van der Waals surface area contributed by atoms with Crippen LogP contribution in [-0.4, -0.2) is 29.2 Å². The van der Waals surface area contributed by atoms with E-state index in [2.05, 4.69) is 11.4 Å². The maximum Gasteiger partial charge on any atom is 0.338 e. The standard InChI is InChI=1S/C24H27N3O3S/c1-2-30-24(29)17-9-11-20(12-10-17)26-22(28)13-14-31-23-19(16-25)15-18-7-5-3-4-6-8-21(18)27-23/h9-12,15H,2-8,13-14H2,1H3,(H,26,28). The van der Waals surface area contributed by atoms with Gasteiger partial charge in [-0.05, 0) is 68.5 Å². The highest BCUT2D eigenvalue weighted by molar-refractivity contribution is 7.99. The van der Waals surface area contributed by atoms with Gasteiger partial charge < -0.3 is 10.1 Å². The third-order valence-electron chi connectivity index (χ3n) is 5.13. The molecule has 0 spiro atoms. The summed E-state index contributed by atoms with van der Waals surface area (Å²) in [4.78, 5) is 28.8. The second-order valence-electron chi connectivity index (χ2n) is 7.42. The van der Waals surface area contributed by atoms with Crippen LogP contribution in [0.15, 0.2) is 35.4 Å². The first-order valence-corrected chi connectivity index (χ1v) is 11.7. The van der Waals surface area contributed by atoms with Crippen LogP contribution in [0.5, 0.6) is 0 Å². The van der Waals surface area contributed by atoms with Crippen LogP contribution in [0.1, 0.15) is 66.2 Å². The first-order valence-electron chi connectivity index (χ1n) is 10.7. The highest BCUT2D eigenvalue weighted by Crippen LogP contribution is 2.27. The minimum Gasteiger partial charge on any atom is -0.462 e. The van der Waals surface area contributed by atoms with Crippen molar-refractivity contribution in [3.63, 3.8) is 0 Å². The third kappa shape index (κ3) is 6.56. The van der Waals surface area contributed by atoms with Crippen molar-refractivity contribution in [2.45, 2.75) is 56.9 Å². The molecule has 31 heavy (non-hydrogen) atoms. The Morgan fingerprint density at radius 1 is 1.16 bits per heavy atom.